The van der Waals surface area contributed by atoms with Crippen molar-refractivity contribution in [1.82, 2.24) is 10.2 Å². The van der Waals surface area contributed by atoms with Crippen LogP contribution in [0.25, 0.3) is 0 Å². The number of rotatable bonds is 4. The second kappa shape index (κ2) is 6.18. The molecular weight excluding hydrogens is 284 g/mol. The molecule has 0 radical (unpaired) electrons. The Morgan fingerprint density at radius 3 is 2.95 bits per heavy atom. The molecule has 0 saturated carbocycles. The molecule has 110 valence electrons. The number of benzene rings is 1. The van der Waals surface area contributed by atoms with E-state index in [2.05, 4.69) is 5.32 Å². The first-order chi connectivity index (χ1) is 10.2. The highest BCUT2D eigenvalue weighted by molar-refractivity contribution is 7.09. The molecule has 2 heterocycles. The molecule has 0 aliphatic carbocycles. The zero-order valence-electron chi connectivity index (χ0n) is 11.9. The van der Waals surface area contributed by atoms with Crippen LogP contribution in [-0.4, -0.2) is 30.1 Å². The number of nitrogens with zero attached hydrogens (tertiary/aromatic N) is 1. The summed E-state index contributed by atoms with van der Waals surface area (Å²) in [6.07, 6.45) is 0.0966. The fourth-order valence-electron chi connectivity index (χ4n) is 2.25. The maximum absolute atomic E-state index is 11.9. The van der Waals surface area contributed by atoms with Gasteiger partial charge in [-0.3, -0.25) is 0 Å². The van der Waals surface area contributed by atoms with Gasteiger partial charge in [0.1, 0.15) is 11.9 Å². The van der Waals surface area contributed by atoms with Crippen molar-refractivity contribution >= 4 is 17.4 Å². The van der Waals surface area contributed by atoms with E-state index < -0.39 is 0 Å². The highest BCUT2D eigenvalue weighted by Crippen LogP contribution is 2.19. The minimum absolute atomic E-state index is 0.0208. The van der Waals surface area contributed by atoms with E-state index in [0.717, 1.165) is 10.6 Å². The average molecular weight is 302 g/mol. The van der Waals surface area contributed by atoms with E-state index in [4.69, 9.17) is 4.74 Å². The van der Waals surface area contributed by atoms with Crippen molar-refractivity contribution in [1.29, 1.82) is 0 Å². The molecule has 2 amide bonds. The van der Waals surface area contributed by atoms with E-state index in [1.165, 1.54) is 5.56 Å². The van der Waals surface area contributed by atoms with Crippen LogP contribution in [0.3, 0.4) is 0 Å². The minimum atomic E-state index is -0.0208. The lowest BCUT2D eigenvalue weighted by Crippen LogP contribution is -2.58. The minimum Gasteiger partial charge on any atom is -0.487 e. The molecular formula is C16H18N2O2S. The number of likely N-dealkylation sites (tertiary alicyclic amines) is 1. The highest BCUT2D eigenvalue weighted by atomic mass is 32.1. The van der Waals surface area contributed by atoms with Gasteiger partial charge in [0.15, 0.2) is 0 Å². The summed E-state index contributed by atoms with van der Waals surface area (Å²) in [5, 5.41) is 4.93. The molecule has 0 unspecified atom stereocenters. The number of hydrogen-bond acceptors (Lipinski definition) is 3. The predicted octanol–water partition coefficient (Wildman–Crippen LogP) is 3.03. The van der Waals surface area contributed by atoms with E-state index in [1.807, 2.05) is 48.7 Å². The summed E-state index contributed by atoms with van der Waals surface area (Å²) in [5.74, 6) is 0.874. The van der Waals surface area contributed by atoms with Gasteiger partial charge in [0.2, 0.25) is 0 Å². The number of hydrogen-bond donors (Lipinski definition) is 1. The molecule has 1 fully saturated rings. The van der Waals surface area contributed by atoms with Crippen molar-refractivity contribution in [2.75, 3.05) is 13.1 Å². The predicted molar refractivity (Wildman–Crippen MR) is 83.7 cm³/mol. The molecule has 21 heavy (non-hydrogen) atoms. The first-order valence-electron chi connectivity index (χ1n) is 6.99. The second-order valence-corrected chi connectivity index (χ2v) is 6.23. The van der Waals surface area contributed by atoms with Crippen LogP contribution in [0.2, 0.25) is 0 Å². The number of carbonyl (C=O) groups is 1. The maximum Gasteiger partial charge on any atom is 0.317 e. The summed E-state index contributed by atoms with van der Waals surface area (Å²) in [5.41, 5.74) is 1.18. The van der Waals surface area contributed by atoms with Crippen LogP contribution in [-0.2, 0) is 6.54 Å². The highest BCUT2D eigenvalue weighted by Gasteiger charge is 2.32. The fourth-order valence-corrected chi connectivity index (χ4v) is 2.89. The topological polar surface area (TPSA) is 41.6 Å². The fraction of sp³-hybridized carbons (Fsp3) is 0.312. The molecule has 1 N–H and O–H groups in total. The van der Waals surface area contributed by atoms with Gasteiger partial charge in [0.05, 0.1) is 19.6 Å². The van der Waals surface area contributed by atoms with Gasteiger partial charge in [-0.25, -0.2) is 4.79 Å². The van der Waals surface area contributed by atoms with Crippen molar-refractivity contribution < 1.29 is 9.53 Å². The zero-order chi connectivity index (χ0) is 14.7. The van der Waals surface area contributed by atoms with Crippen LogP contribution in [0, 0.1) is 6.92 Å². The Labute approximate surface area is 128 Å². The van der Waals surface area contributed by atoms with Crippen LogP contribution in [0.4, 0.5) is 4.79 Å². The molecule has 1 saturated heterocycles. The third-order valence-electron chi connectivity index (χ3n) is 3.42. The Balaban J connectivity index is 1.42. The van der Waals surface area contributed by atoms with Crippen molar-refractivity contribution in [3.05, 3.63) is 52.2 Å². The van der Waals surface area contributed by atoms with Crippen LogP contribution >= 0.6 is 11.3 Å². The first kappa shape index (κ1) is 13.9. The van der Waals surface area contributed by atoms with Gasteiger partial charge >= 0.3 is 6.03 Å². The Kier molecular flexibility index (Phi) is 4.10. The van der Waals surface area contributed by atoms with Gasteiger partial charge in [-0.1, -0.05) is 18.2 Å². The standard InChI is InChI=1S/C16H18N2O2S/c1-12-4-2-5-13(8-12)20-14-10-18(11-14)16(19)17-9-15-6-3-7-21-15/h2-8,14H,9-11H2,1H3,(H,17,19). The first-order valence-corrected chi connectivity index (χ1v) is 7.87. The summed E-state index contributed by atoms with van der Waals surface area (Å²) in [6, 6.07) is 12.0. The number of aryl methyl sites for hydroxylation is 1. The monoisotopic (exact) mass is 302 g/mol. The lowest BCUT2D eigenvalue weighted by atomic mass is 10.1. The average Bonchev–Trinajstić information content (AvgIpc) is 2.93. The van der Waals surface area contributed by atoms with Gasteiger partial charge in [0, 0.05) is 4.88 Å². The molecule has 3 rings (SSSR count). The number of amides is 2. The molecule has 1 aromatic heterocycles. The molecule has 0 bridgehead atoms. The number of ether oxygens (including phenoxy) is 1. The van der Waals surface area contributed by atoms with E-state index in [9.17, 15) is 4.79 Å². The van der Waals surface area contributed by atoms with E-state index in [-0.39, 0.29) is 12.1 Å². The van der Waals surface area contributed by atoms with Crippen molar-refractivity contribution in [3.63, 3.8) is 0 Å². The van der Waals surface area contributed by atoms with Gasteiger partial charge in [-0.15, -0.1) is 11.3 Å². The summed E-state index contributed by atoms with van der Waals surface area (Å²) >= 11 is 1.65. The maximum atomic E-state index is 11.9. The second-order valence-electron chi connectivity index (χ2n) is 5.20. The molecule has 1 aliphatic heterocycles. The third kappa shape index (κ3) is 3.55. The Morgan fingerprint density at radius 1 is 1.38 bits per heavy atom. The van der Waals surface area contributed by atoms with Crippen LogP contribution in [0.5, 0.6) is 5.75 Å². The lowest BCUT2D eigenvalue weighted by Gasteiger charge is -2.38. The summed E-state index contributed by atoms with van der Waals surface area (Å²) in [6.45, 7) is 3.92. The number of carbonyl (C=O) groups excluding carboxylic acids is 1. The van der Waals surface area contributed by atoms with Gasteiger partial charge in [-0.2, -0.15) is 0 Å². The smallest absolute Gasteiger partial charge is 0.317 e. The van der Waals surface area contributed by atoms with Crippen LogP contribution in [0.1, 0.15) is 10.4 Å². The molecule has 0 spiro atoms. The Bertz CT molecular complexity index is 606. The van der Waals surface area contributed by atoms with Crippen molar-refractivity contribution in [2.45, 2.75) is 19.6 Å². The summed E-state index contributed by atoms with van der Waals surface area (Å²) < 4.78 is 5.84. The quantitative estimate of drug-likeness (QED) is 0.943. The van der Waals surface area contributed by atoms with Gasteiger partial charge in [0.25, 0.3) is 0 Å². The van der Waals surface area contributed by atoms with Crippen LogP contribution < -0.4 is 10.1 Å². The Morgan fingerprint density at radius 2 is 2.24 bits per heavy atom. The van der Waals surface area contributed by atoms with Gasteiger partial charge < -0.3 is 15.0 Å². The largest absolute Gasteiger partial charge is 0.487 e. The molecule has 1 aromatic carbocycles. The van der Waals surface area contributed by atoms with E-state index >= 15 is 0 Å². The van der Waals surface area contributed by atoms with Gasteiger partial charge in [-0.05, 0) is 36.1 Å². The SMILES string of the molecule is Cc1cccc(OC2CN(C(=O)NCc3cccs3)C2)c1. The molecule has 5 heteroatoms. The molecule has 1 aliphatic rings. The van der Waals surface area contributed by atoms with Crippen molar-refractivity contribution in [2.24, 2.45) is 0 Å². The normalized spacial score (nSPS) is 14.6. The summed E-state index contributed by atoms with van der Waals surface area (Å²) in [7, 11) is 0. The summed E-state index contributed by atoms with van der Waals surface area (Å²) in [4.78, 5) is 14.9. The van der Waals surface area contributed by atoms with Crippen molar-refractivity contribution in [3.8, 4) is 5.75 Å². The Hall–Kier alpha value is -2.01. The molecule has 4 nitrogen and oxygen atoms in total. The molecule has 2 aromatic rings. The number of nitrogens with one attached hydrogen (secondary N) is 1. The zero-order valence-corrected chi connectivity index (χ0v) is 12.7. The number of urea groups is 1. The van der Waals surface area contributed by atoms with E-state index in [0.29, 0.717) is 19.6 Å². The van der Waals surface area contributed by atoms with E-state index in [1.54, 1.807) is 16.2 Å². The van der Waals surface area contributed by atoms with Crippen LogP contribution in [0.15, 0.2) is 41.8 Å². The third-order valence-corrected chi connectivity index (χ3v) is 4.30. The lowest BCUT2D eigenvalue weighted by molar-refractivity contribution is 0.0443. The number of thiophene rings is 1. The molecule has 0 atom stereocenters.